The second kappa shape index (κ2) is 6.55. The Morgan fingerprint density at radius 1 is 1.38 bits per heavy atom. The first-order chi connectivity index (χ1) is 9.95. The molecule has 0 aromatic heterocycles. The number of nitrogens with zero attached hydrogens (tertiary/aromatic N) is 1. The zero-order valence-corrected chi connectivity index (χ0v) is 13.1. The van der Waals surface area contributed by atoms with E-state index in [0.717, 1.165) is 13.0 Å². The van der Waals surface area contributed by atoms with Gasteiger partial charge in [-0.2, -0.15) is 4.31 Å². The van der Waals surface area contributed by atoms with Crippen LogP contribution in [-0.4, -0.2) is 44.3 Å². The Morgan fingerprint density at radius 2 is 2.05 bits per heavy atom. The topological polar surface area (TPSA) is 78.5 Å². The van der Waals surface area contributed by atoms with E-state index >= 15 is 0 Å². The van der Waals surface area contributed by atoms with Crippen LogP contribution in [0.15, 0.2) is 29.2 Å². The molecule has 7 heteroatoms. The first-order valence-electron chi connectivity index (χ1n) is 7.05. The summed E-state index contributed by atoms with van der Waals surface area (Å²) < 4.78 is 26.9. The standard InChI is InChI=1S/C14H21N3O3S/c1-3-17(13-8-9-15-10-13)21(19,20)14-6-4-12(5-7-14)16-11(2)18/h4-7,13,15H,3,8-10H2,1-2H3,(H,16,18). The monoisotopic (exact) mass is 311 g/mol. The molecule has 1 unspecified atom stereocenters. The Labute approximate surface area is 125 Å². The minimum Gasteiger partial charge on any atom is -0.326 e. The van der Waals surface area contributed by atoms with Crippen molar-refractivity contribution in [3.63, 3.8) is 0 Å². The van der Waals surface area contributed by atoms with Gasteiger partial charge >= 0.3 is 0 Å². The van der Waals surface area contributed by atoms with Crippen LogP contribution in [0.1, 0.15) is 20.3 Å². The van der Waals surface area contributed by atoms with E-state index in [2.05, 4.69) is 10.6 Å². The van der Waals surface area contributed by atoms with Gasteiger partial charge in [0.2, 0.25) is 15.9 Å². The van der Waals surface area contributed by atoms with Crippen molar-refractivity contribution in [1.82, 2.24) is 9.62 Å². The third kappa shape index (κ3) is 3.61. The molecule has 1 aliphatic rings. The van der Waals surface area contributed by atoms with E-state index in [1.54, 1.807) is 16.4 Å². The fourth-order valence-electron chi connectivity index (χ4n) is 2.56. The molecule has 0 bridgehead atoms. The first-order valence-corrected chi connectivity index (χ1v) is 8.49. The van der Waals surface area contributed by atoms with Crippen molar-refractivity contribution in [3.8, 4) is 0 Å². The molecule has 2 N–H and O–H groups in total. The van der Waals surface area contributed by atoms with Gasteiger partial charge in [0.15, 0.2) is 0 Å². The number of hydrogen-bond acceptors (Lipinski definition) is 4. The van der Waals surface area contributed by atoms with Crippen LogP contribution < -0.4 is 10.6 Å². The van der Waals surface area contributed by atoms with Gasteiger partial charge in [-0.25, -0.2) is 8.42 Å². The maximum absolute atomic E-state index is 12.7. The van der Waals surface area contributed by atoms with Gasteiger partial charge in [0.25, 0.3) is 0 Å². The van der Waals surface area contributed by atoms with Crippen molar-refractivity contribution in [2.45, 2.75) is 31.2 Å². The van der Waals surface area contributed by atoms with Crippen LogP contribution in [0.4, 0.5) is 5.69 Å². The van der Waals surface area contributed by atoms with E-state index in [1.165, 1.54) is 19.1 Å². The maximum Gasteiger partial charge on any atom is 0.243 e. The summed E-state index contributed by atoms with van der Waals surface area (Å²) >= 11 is 0. The Morgan fingerprint density at radius 3 is 2.52 bits per heavy atom. The Balaban J connectivity index is 2.23. The normalized spacial score (nSPS) is 18.9. The maximum atomic E-state index is 12.7. The highest BCUT2D eigenvalue weighted by Gasteiger charge is 2.31. The third-order valence-electron chi connectivity index (χ3n) is 3.53. The van der Waals surface area contributed by atoms with Crippen molar-refractivity contribution < 1.29 is 13.2 Å². The molecule has 21 heavy (non-hydrogen) atoms. The third-order valence-corrected chi connectivity index (χ3v) is 5.58. The SMILES string of the molecule is CCN(C1CCNC1)S(=O)(=O)c1ccc(NC(C)=O)cc1. The summed E-state index contributed by atoms with van der Waals surface area (Å²) in [5.41, 5.74) is 0.590. The van der Waals surface area contributed by atoms with Gasteiger partial charge in [0, 0.05) is 31.7 Å². The molecule has 1 aromatic carbocycles. The molecule has 2 rings (SSSR count). The fourth-order valence-corrected chi connectivity index (χ4v) is 4.22. The minimum absolute atomic E-state index is 0.00928. The lowest BCUT2D eigenvalue weighted by Gasteiger charge is -2.26. The summed E-state index contributed by atoms with van der Waals surface area (Å²) in [6, 6.07) is 6.29. The molecule has 1 aliphatic heterocycles. The molecule has 1 aromatic rings. The first kappa shape index (κ1) is 15.9. The number of hydrogen-bond donors (Lipinski definition) is 2. The van der Waals surface area contributed by atoms with E-state index in [4.69, 9.17) is 0 Å². The second-order valence-corrected chi connectivity index (χ2v) is 6.95. The lowest BCUT2D eigenvalue weighted by molar-refractivity contribution is -0.114. The van der Waals surface area contributed by atoms with Crippen LogP contribution in [0.5, 0.6) is 0 Å². The summed E-state index contributed by atoms with van der Waals surface area (Å²) in [6.45, 7) is 5.25. The van der Waals surface area contributed by atoms with Crippen LogP contribution in [-0.2, 0) is 14.8 Å². The summed E-state index contributed by atoms with van der Waals surface area (Å²) in [6.07, 6.45) is 0.830. The Hall–Kier alpha value is -1.44. The van der Waals surface area contributed by atoms with Crippen LogP contribution in [0, 0.1) is 0 Å². The van der Waals surface area contributed by atoms with Crippen molar-refractivity contribution in [3.05, 3.63) is 24.3 Å². The number of sulfonamides is 1. The largest absolute Gasteiger partial charge is 0.326 e. The molecule has 116 valence electrons. The fraction of sp³-hybridized carbons (Fsp3) is 0.500. The van der Waals surface area contributed by atoms with Crippen molar-refractivity contribution in [1.29, 1.82) is 0 Å². The summed E-state index contributed by atoms with van der Waals surface area (Å²) in [5, 5.41) is 5.81. The van der Waals surface area contributed by atoms with Crippen molar-refractivity contribution in [2.24, 2.45) is 0 Å². The quantitative estimate of drug-likeness (QED) is 0.851. The van der Waals surface area contributed by atoms with Crippen LogP contribution in [0.25, 0.3) is 0 Å². The highest BCUT2D eigenvalue weighted by atomic mass is 32.2. The number of carbonyl (C=O) groups excluding carboxylic acids is 1. The molecule has 1 amide bonds. The lowest BCUT2D eigenvalue weighted by Crippen LogP contribution is -2.41. The van der Waals surface area contributed by atoms with Crippen LogP contribution >= 0.6 is 0 Å². The molecule has 1 heterocycles. The molecule has 6 nitrogen and oxygen atoms in total. The molecule has 1 fully saturated rings. The van der Waals surface area contributed by atoms with E-state index in [0.29, 0.717) is 18.8 Å². The van der Waals surface area contributed by atoms with E-state index < -0.39 is 10.0 Å². The van der Waals surface area contributed by atoms with Gasteiger partial charge in [-0.05, 0) is 37.2 Å². The molecular formula is C14H21N3O3S. The zero-order chi connectivity index (χ0) is 15.5. The molecule has 0 radical (unpaired) electrons. The summed E-state index contributed by atoms with van der Waals surface area (Å²) in [7, 11) is -3.50. The number of benzene rings is 1. The molecule has 0 spiro atoms. The molecular weight excluding hydrogens is 290 g/mol. The predicted molar refractivity (Wildman–Crippen MR) is 81.6 cm³/mol. The van der Waals surface area contributed by atoms with Gasteiger partial charge < -0.3 is 10.6 Å². The number of rotatable bonds is 5. The Bertz CT molecular complexity index is 592. The number of carbonyl (C=O) groups is 1. The van der Waals surface area contributed by atoms with Crippen LogP contribution in [0.3, 0.4) is 0 Å². The van der Waals surface area contributed by atoms with E-state index in [1.807, 2.05) is 6.92 Å². The molecule has 0 saturated carbocycles. The number of likely N-dealkylation sites (N-methyl/N-ethyl adjacent to an activating group) is 1. The highest BCUT2D eigenvalue weighted by Crippen LogP contribution is 2.22. The van der Waals surface area contributed by atoms with Gasteiger partial charge in [-0.1, -0.05) is 6.92 Å². The molecule has 0 aliphatic carbocycles. The second-order valence-electron chi connectivity index (χ2n) is 5.06. The summed E-state index contributed by atoms with van der Waals surface area (Å²) in [4.78, 5) is 11.2. The summed E-state index contributed by atoms with van der Waals surface area (Å²) in [5.74, 6) is -0.183. The smallest absolute Gasteiger partial charge is 0.243 e. The molecule has 1 saturated heterocycles. The van der Waals surface area contributed by atoms with Gasteiger partial charge in [0.1, 0.15) is 0 Å². The average molecular weight is 311 g/mol. The van der Waals surface area contributed by atoms with Crippen LogP contribution in [0.2, 0.25) is 0 Å². The number of amides is 1. The van der Waals surface area contributed by atoms with E-state index in [-0.39, 0.29) is 16.8 Å². The van der Waals surface area contributed by atoms with Gasteiger partial charge in [0.05, 0.1) is 4.90 Å². The number of nitrogens with one attached hydrogen (secondary N) is 2. The zero-order valence-electron chi connectivity index (χ0n) is 12.3. The average Bonchev–Trinajstić information content (AvgIpc) is 2.93. The van der Waals surface area contributed by atoms with Gasteiger partial charge in [-0.15, -0.1) is 0 Å². The highest BCUT2D eigenvalue weighted by molar-refractivity contribution is 7.89. The number of anilines is 1. The van der Waals surface area contributed by atoms with Crippen molar-refractivity contribution in [2.75, 3.05) is 25.0 Å². The van der Waals surface area contributed by atoms with E-state index in [9.17, 15) is 13.2 Å². The van der Waals surface area contributed by atoms with Crippen molar-refractivity contribution >= 4 is 21.6 Å². The molecule has 1 atom stereocenters. The Kier molecular flexibility index (Phi) is 4.97. The predicted octanol–water partition coefficient (Wildman–Crippen LogP) is 1.02. The lowest BCUT2D eigenvalue weighted by atomic mass is 10.3. The minimum atomic E-state index is -3.50. The van der Waals surface area contributed by atoms with Gasteiger partial charge in [-0.3, -0.25) is 4.79 Å².